The molecule has 0 unspecified atom stereocenters. The van der Waals surface area contributed by atoms with Gasteiger partial charge in [-0.05, 0) is 6.08 Å². The predicted molar refractivity (Wildman–Crippen MR) is 52.9 cm³/mol. The molecule has 0 aromatic heterocycles. The van der Waals surface area contributed by atoms with Crippen molar-refractivity contribution in [1.82, 2.24) is 0 Å². The average molecular weight is 254 g/mol. The van der Waals surface area contributed by atoms with Gasteiger partial charge in [-0.15, -0.1) is 0 Å². The minimum atomic E-state index is -2.78. The van der Waals surface area contributed by atoms with Gasteiger partial charge in [0.2, 0.25) is 0 Å². The Morgan fingerprint density at radius 3 is 2.00 bits per heavy atom. The molecule has 0 saturated heterocycles. The van der Waals surface area contributed by atoms with Crippen LogP contribution in [0, 0.1) is 30.3 Å². The molecule has 0 heterocycles. The molecule has 1 aliphatic carbocycles. The molecule has 0 aromatic rings. The van der Waals surface area contributed by atoms with E-state index in [2.05, 4.69) is 0 Å². The summed E-state index contributed by atoms with van der Waals surface area (Å²) in [6.45, 7) is 0. The van der Waals surface area contributed by atoms with Crippen LogP contribution in [0.25, 0.3) is 0 Å². The first-order valence-corrected chi connectivity index (χ1v) is 3.86. The van der Waals surface area contributed by atoms with E-state index in [0.717, 1.165) is 0 Å². The van der Waals surface area contributed by atoms with Gasteiger partial charge in [-0.3, -0.25) is 30.3 Å². The van der Waals surface area contributed by atoms with Crippen LogP contribution in [0.1, 0.15) is 6.42 Å². The molecule has 11 heteroatoms. The molecule has 87 valence electrons. The quantitative estimate of drug-likeness (QED) is 0.318. The molecule has 0 atom stereocenters. The summed E-state index contributed by atoms with van der Waals surface area (Å²) in [5, 5.41) is 40.6. The summed E-state index contributed by atoms with van der Waals surface area (Å²) in [7, 11) is 0. The summed E-state index contributed by atoms with van der Waals surface area (Å²) in [4.78, 5) is 28.0. The third kappa shape index (κ3) is 2.60. The third-order valence-electron chi connectivity index (χ3n) is 2.08. The van der Waals surface area contributed by atoms with Crippen LogP contribution in [0.3, 0.4) is 0 Å². The second-order valence-electron chi connectivity index (χ2n) is 2.99. The van der Waals surface area contributed by atoms with E-state index in [1.165, 1.54) is 0 Å². The van der Waals surface area contributed by atoms with Gasteiger partial charge in [-0.1, -0.05) is 0 Å². The van der Waals surface area contributed by atoms with Gasteiger partial charge in [0.15, 0.2) is 12.2 Å². The van der Waals surface area contributed by atoms with Crippen molar-refractivity contribution in [3.8, 4) is 0 Å². The molecule has 0 saturated carbocycles. The molecule has 0 bridgehead atoms. The number of nitro groups is 3. The summed E-state index contributed by atoms with van der Waals surface area (Å²) in [5.41, 5.74) is -3.73. The van der Waals surface area contributed by atoms with E-state index in [-0.39, 0.29) is 29.6 Å². The summed E-state index contributed by atoms with van der Waals surface area (Å²) in [6, 6.07) is 0. The van der Waals surface area contributed by atoms with Gasteiger partial charge >= 0.3 is 11.4 Å². The Hall–Kier alpha value is -1.52. The summed E-state index contributed by atoms with van der Waals surface area (Å²) in [5.74, 6) is -0.815. The van der Waals surface area contributed by atoms with Crippen LogP contribution in [-0.2, 0) is 0 Å². The molecule has 10 nitrogen and oxygen atoms in total. The van der Waals surface area contributed by atoms with E-state index in [4.69, 9.17) is 5.11 Å². The maximum atomic E-state index is 10.6. The molecule has 1 radical (unpaired) electrons. The van der Waals surface area contributed by atoms with Gasteiger partial charge < -0.3 is 5.11 Å². The standard InChI is InChI=1S/C6H5N3O7.Na/c10-5-1-2-6(8(13)14,9(15)16)3-4(5)7(11)12;/h1-2,10H,3H2;. The first-order chi connectivity index (χ1) is 7.31. The van der Waals surface area contributed by atoms with Crippen molar-refractivity contribution >= 4 is 29.6 Å². The monoisotopic (exact) mass is 254 g/mol. The Labute approximate surface area is 115 Å². The molecular formula is C6H5N3NaO7. The Balaban J connectivity index is 0.00000256. The Morgan fingerprint density at radius 2 is 1.65 bits per heavy atom. The van der Waals surface area contributed by atoms with Crippen LogP contribution in [-0.4, -0.2) is 55.1 Å². The summed E-state index contributed by atoms with van der Waals surface area (Å²) >= 11 is 0. The Morgan fingerprint density at radius 1 is 1.18 bits per heavy atom. The number of aliphatic hydroxyl groups excluding tert-OH is 1. The average Bonchev–Trinajstić information content (AvgIpc) is 2.17. The van der Waals surface area contributed by atoms with Crippen molar-refractivity contribution in [3.05, 3.63) is 54.0 Å². The zero-order valence-corrected chi connectivity index (χ0v) is 10.6. The van der Waals surface area contributed by atoms with E-state index in [1.807, 2.05) is 0 Å². The number of nitrogens with zero attached hydrogens (tertiary/aromatic N) is 3. The van der Waals surface area contributed by atoms with Crippen molar-refractivity contribution in [2.75, 3.05) is 0 Å². The van der Waals surface area contributed by atoms with E-state index in [1.54, 1.807) is 0 Å². The number of allylic oxidation sites excluding steroid dienone is 1. The van der Waals surface area contributed by atoms with E-state index < -0.39 is 38.3 Å². The van der Waals surface area contributed by atoms with Gasteiger partial charge in [-0.25, -0.2) is 0 Å². The first-order valence-electron chi connectivity index (χ1n) is 3.86. The normalized spacial score (nSPS) is 17.2. The molecular weight excluding hydrogens is 249 g/mol. The zero-order chi connectivity index (χ0) is 12.5. The summed E-state index contributed by atoms with van der Waals surface area (Å²) in [6.07, 6.45) is 0.0188. The maximum absolute atomic E-state index is 10.6. The van der Waals surface area contributed by atoms with E-state index >= 15 is 0 Å². The van der Waals surface area contributed by atoms with Crippen molar-refractivity contribution < 1.29 is 19.9 Å². The van der Waals surface area contributed by atoms with Crippen molar-refractivity contribution in [2.24, 2.45) is 0 Å². The van der Waals surface area contributed by atoms with Crippen molar-refractivity contribution in [3.63, 3.8) is 0 Å². The fourth-order valence-electron chi connectivity index (χ4n) is 1.18. The van der Waals surface area contributed by atoms with E-state index in [0.29, 0.717) is 12.2 Å². The van der Waals surface area contributed by atoms with Gasteiger partial charge in [0, 0.05) is 29.6 Å². The fourth-order valence-corrected chi connectivity index (χ4v) is 1.18. The zero-order valence-electron chi connectivity index (χ0n) is 8.60. The largest absolute Gasteiger partial charge is 0.502 e. The van der Waals surface area contributed by atoms with Crippen LogP contribution in [0.4, 0.5) is 0 Å². The fraction of sp³-hybridized carbons (Fsp3) is 0.333. The SMILES string of the molecule is O=[N+]([O-])C1=C(O)C=CC([N+](=O)[O-])([N+](=O)[O-])C1.[Na]. The number of hydrogen-bond acceptors (Lipinski definition) is 7. The Kier molecular flexibility index (Phi) is 4.74. The second kappa shape index (κ2) is 5.21. The van der Waals surface area contributed by atoms with Crippen LogP contribution in [0.15, 0.2) is 23.6 Å². The molecule has 0 amide bonds. The number of rotatable bonds is 3. The van der Waals surface area contributed by atoms with Gasteiger partial charge in [0.25, 0.3) is 0 Å². The van der Waals surface area contributed by atoms with Gasteiger partial charge in [0.1, 0.15) is 9.85 Å². The third-order valence-corrected chi connectivity index (χ3v) is 2.08. The molecule has 0 spiro atoms. The Bertz CT molecular complexity index is 429. The first kappa shape index (κ1) is 15.5. The molecule has 1 aliphatic rings. The molecule has 0 fully saturated rings. The van der Waals surface area contributed by atoms with Crippen LogP contribution in [0.5, 0.6) is 0 Å². The summed E-state index contributed by atoms with van der Waals surface area (Å²) < 4.78 is 0. The minimum Gasteiger partial charge on any atom is -0.502 e. The van der Waals surface area contributed by atoms with E-state index in [9.17, 15) is 30.3 Å². The predicted octanol–water partition coefficient (Wildman–Crippen LogP) is -0.139. The molecule has 0 aromatic carbocycles. The minimum absolute atomic E-state index is 0. The maximum Gasteiger partial charge on any atom is 0.488 e. The van der Waals surface area contributed by atoms with Gasteiger partial charge in [0.05, 0.1) is 11.0 Å². The molecule has 17 heavy (non-hydrogen) atoms. The second-order valence-corrected chi connectivity index (χ2v) is 2.99. The number of hydrogen-bond donors (Lipinski definition) is 1. The number of aliphatic hydroxyl groups is 1. The van der Waals surface area contributed by atoms with Crippen molar-refractivity contribution in [1.29, 1.82) is 0 Å². The topological polar surface area (TPSA) is 150 Å². The van der Waals surface area contributed by atoms with Crippen LogP contribution >= 0.6 is 0 Å². The molecule has 0 aliphatic heterocycles. The van der Waals surface area contributed by atoms with Crippen molar-refractivity contribution in [2.45, 2.75) is 12.1 Å². The molecule has 1 rings (SSSR count). The van der Waals surface area contributed by atoms with Gasteiger partial charge in [-0.2, -0.15) is 0 Å². The van der Waals surface area contributed by atoms with Crippen LogP contribution < -0.4 is 0 Å². The molecule has 1 N–H and O–H groups in total. The smallest absolute Gasteiger partial charge is 0.488 e. The van der Waals surface area contributed by atoms with Crippen LogP contribution in [0.2, 0.25) is 0 Å².